The van der Waals surface area contributed by atoms with Crippen molar-refractivity contribution < 1.29 is 19.1 Å². The molecular weight excluding hydrogens is 368 g/mol. The molecule has 4 atom stereocenters. The first kappa shape index (κ1) is 19.3. The summed E-state index contributed by atoms with van der Waals surface area (Å²) in [5.74, 6) is -2.49. The van der Waals surface area contributed by atoms with Gasteiger partial charge in [-0.25, -0.2) is 0 Å². The molecule has 2 aliphatic rings. The van der Waals surface area contributed by atoms with Crippen LogP contribution in [-0.4, -0.2) is 41.9 Å². The summed E-state index contributed by atoms with van der Waals surface area (Å²) in [5, 5.41) is 3.26. The molecule has 6 heteroatoms. The Balaban J connectivity index is 1.73. The van der Waals surface area contributed by atoms with Gasteiger partial charge in [-0.15, -0.1) is 0 Å². The predicted molar refractivity (Wildman–Crippen MR) is 108 cm³/mol. The van der Waals surface area contributed by atoms with Crippen molar-refractivity contribution in [3.63, 3.8) is 0 Å². The van der Waals surface area contributed by atoms with E-state index in [1.807, 2.05) is 54.6 Å². The molecule has 6 nitrogen and oxygen atoms in total. The van der Waals surface area contributed by atoms with Crippen LogP contribution in [0.25, 0.3) is 11.1 Å². The van der Waals surface area contributed by atoms with Gasteiger partial charge in [0.1, 0.15) is 5.54 Å². The second-order valence-corrected chi connectivity index (χ2v) is 7.73. The smallest absolute Gasteiger partial charge is 0.326 e. The molecule has 2 aliphatic heterocycles. The van der Waals surface area contributed by atoms with E-state index in [0.717, 1.165) is 16.7 Å². The third-order valence-corrected chi connectivity index (χ3v) is 6.18. The Morgan fingerprint density at radius 2 is 1.66 bits per heavy atom. The van der Waals surface area contributed by atoms with E-state index in [9.17, 15) is 14.4 Å². The molecule has 29 heavy (non-hydrogen) atoms. The first-order valence-corrected chi connectivity index (χ1v) is 9.79. The van der Waals surface area contributed by atoms with Crippen molar-refractivity contribution in [1.82, 2.24) is 10.2 Å². The number of esters is 1. The first-order valence-electron chi connectivity index (χ1n) is 9.79. The highest BCUT2D eigenvalue weighted by molar-refractivity contribution is 6.09. The SMILES string of the molecule is CCN1C(=O)C2C(c3ccc(-c4ccccc4)cc3)N[C@@](C)(C(=O)OC)C2C1=O. The zero-order chi connectivity index (χ0) is 20.8. The highest BCUT2D eigenvalue weighted by Gasteiger charge is 2.66. The van der Waals surface area contributed by atoms with Crippen molar-refractivity contribution in [2.45, 2.75) is 25.4 Å². The summed E-state index contributed by atoms with van der Waals surface area (Å²) in [4.78, 5) is 39.8. The van der Waals surface area contributed by atoms with Crippen molar-refractivity contribution in [3.8, 4) is 11.1 Å². The van der Waals surface area contributed by atoms with Crippen LogP contribution in [0.4, 0.5) is 0 Å². The number of benzene rings is 2. The Hall–Kier alpha value is -2.99. The van der Waals surface area contributed by atoms with Crippen molar-refractivity contribution >= 4 is 17.8 Å². The van der Waals surface area contributed by atoms with Crippen LogP contribution < -0.4 is 5.32 Å². The molecule has 0 spiro atoms. The Labute approximate surface area is 169 Å². The molecule has 2 saturated heterocycles. The van der Waals surface area contributed by atoms with E-state index < -0.39 is 29.4 Å². The Bertz CT molecular complexity index is 957. The van der Waals surface area contributed by atoms with Gasteiger partial charge >= 0.3 is 5.97 Å². The zero-order valence-corrected chi connectivity index (χ0v) is 16.7. The zero-order valence-electron chi connectivity index (χ0n) is 16.7. The van der Waals surface area contributed by atoms with Crippen LogP contribution in [0.15, 0.2) is 54.6 Å². The fourth-order valence-corrected chi connectivity index (χ4v) is 4.71. The maximum atomic E-state index is 13.0. The number of imide groups is 1. The lowest BCUT2D eigenvalue weighted by Crippen LogP contribution is -2.53. The molecule has 4 rings (SSSR count). The number of nitrogens with one attached hydrogen (secondary N) is 1. The maximum absolute atomic E-state index is 13.0. The number of hydrogen-bond acceptors (Lipinski definition) is 5. The molecule has 0 bridgehead atoms. The van der Waals surface area contributed by atoms with E-state index in [0.29, 0.717) is 6.54 Å². The second kappa shape index (κ2) is 7.12. The van der Waals surface area contributed by atoms with Crippen LogP contribution in [0.3, 0.4) is 0 Å². The lowest BCUT2D eigenvalue weighted by atomic mass is 9.80. The number of rotatable bonds is 4. The number of fused-ring (bicyclic) bond motifs is 1. The summed E-state index contributed by atoms with van der Waals surface area (Å²) in [6, 6.07) is 17.4. The quantitative estimate of drug-likeness (QED) is 0.639. The monoisotopic (exact) mass is 392 g/mol. The van der Waals surface area contributed by atoms with Crippen LogP contribution in [0.5, 0.6) is 0 Å². The third kappa shape index (κ3) is 2.86. The average Bonchev–Trinajstić information content (AvgIpc) is 3.21. The number of methoxy groups -OCH3 is 1. The Morgan fingerprint density at radius 1 is 1.03 bits per heavy atom. The van der Waals surface area contributed by atoms with Gasteiger partial charge in [0.05, 0.1) is 18.9 Å². The van der Waals surface area contributed by atoms with E-state index in [1.54, 1.807) is 13.8 Å². The highest BCUT2D eigenvalue weighted by atomic mass is 16.5. The number of ether oxygens (including phenoxy) is 1. The maximum Gasteiger partial charge on any atom is 0.326 e. The van der Waals surface area contributed by atoms with Crippen molar-refractivity contribution in [1.29, 1.82) is 0 Å². The van der Waals surface area contributed by atoms with E-state index in [2.05, 4.69) is 5.32 Å². The van der Waals surface area contributed by atoms with Gasteiger partial charge in [0, 0.05) is 12.6 Å². The summed E-state index contributed by atoms with van der Waals surface area (Å²) in [6.45, 7) is 3.71. The van der Waals surface area contributed by atoms with Gasteiger partial charge in [0.15, 0.2) is 0 Å². The molecule has 2 aromatic rings. The van der Waals surface area contributed by atoms with E-state index >= 15 is 0 Å². The van der Waals surface area contributed by atoms with Crippen molar-refractivity contribution in [3.05, 3.63) is 60.2 Å². The number of amides is 2. The fraction of sp³-hybridized carbons (Fsp3) is 0.348. The average molecular weight is 392 g/mol. The van der Waals surface area contributed by atoms with Crippen molar-refractivity contribution in [2.75, 3.05) is 13.7 Å². The van der Waals surface area contributed by atoms with Crippen LogP contribution in [-0.2, 0) is 19.1 Å². The number of carbonyl (C=O) groups excluding carboxylic acids is 3. The molecule has 3 unspecified atom stereocenters. The molecule has 0 aromatic heterocycles. The van der Waals surface area contributed by atoms with Crippen LogP contribution in [0, 0.1) is 11.8 Å². The molecule has 0 aliphatic carbocycles. The summed E-state index contributed by atoms with van der Waals surface area (Å²) in [6.07, 6.45) is 0. The van der Waals surface area contributed by atoms with Gasteiger partial charge in [-0.3, -0.25) is 24.6 Å². The minimum Gasteiger partial charge on any atom is -0.468 e. The van der Waals surface area contributed by atoms with Gasteiger partial charge in [-0.2, -0.15) is 0 Å². The normalized spacial score (nSPS) is 28.5. The van der Waals surface area contributed by atoms with E-state index in [-0.39, 0.29) is 11.8 Å². The summed E-state index contributed by atoms with van der Waals surface area (Å²) >= 11 is 0. The van der Waals surface area contributed by atoms with Crippen LogP contribution in [0.2, 0.25) is 0 Å². The number of nitrogens with zero attached hydrogens (tertiary/aromatic N) is 1. The topological polar surface area (TPSA) is 75.7 Å². The lowest BCUT2D eigenvalue weighted by molar-refractivity contribution is -0.153. The first-order chi connectivity index (χ1) is 13.9. The standard InChI is InChI=1S/C23H24N2O4/c1-4-25-20(26)17-18(21(25)27)23(2,22(28)29-3)24-19(17)16-12-10-15(11-13-16)14-8-6-5-7-9-14/h5-13,17-19,24H,4H2,1-3H3/t17?,18?,19?,23-/m1/s1. The molecule has 2 amide bonds. The molecule has 150 valence electrons. The minimum absolute atomic E-state index is 0.236. The second-order valence-electron chi connectivity index (χ2n) is 7.73. The Kier molecular flexibility index (Phi) is 4.74. The minimum atomic E-state index is -1.25. The molecule has 0 radical (unpaired) electrons. The Morgan fingerprint density at radius 3 is 2.24 bits per heavy atom. The molecule has 2 heterocycles. The fourth-order valence-electron chi connectivity index (χ4n) is 4.71. The van der Waals surface area contributed by atoms with Crippen LogP contribution in [0.1, 0.15) is 25.5 Å². The van der Waals surface area contributed by atoms with Crippen LogP contribution >= 0.6 is 0 Å². The number of carbonyl (C=O) groups is 3. The highest BCUT2D eigenvalue weighted by Crippen LogP contribution is 2.49. The number of likely N-dealkylation sites (tertiary alicyclic amines) is 1. The van der Waals surface area contributed by atoms with E-state index in [1.165, 1.54) is 12.0 Å². The van der Waals surface area contributed by atoms with Gasteiger partial charge < -0.3 is 4.74 Å². The molecule has 0 saturated carbocycles. The molecule has 2 aromatic carbocycles. The van der Waals surface area contributed by atoms with Gasteiger partial charge in [0.25, 0.3) is 0 Å². The summed E-state index contributed by atoms with van der Waals surface area (Å²) < 4.78 is 4.98. The molecule has 2 fully saturated rings. The van der Waals surface area contributed by atoms with Gasteiger partial charge in [-0.1, -0.05) is 54.6 Å². The largest absolute Gasteiger partial charge is 0.468 e. The summed E-state index contributed by atoms with van der Waals surface area (Å²) in [5.41, 5.74) is 1.77. The van der Waals surface area contributed by atoms with Crippen molar-refractivity contribution in [2.24, 2.45) is 11.8 Å². The molecule has 1 N–H and O–H groups in total. The lowest BCUT2D eigenvalue weighted by Gasteiger charge is -2.28. The van der Waals surface area contributed by atoms with Gasteiger partial charge in [0.2, 0.25) is 11.8 Å². The molecular formula is C23H24N2O4. The number of hydrogen-bond donors (Lipinski definition) is 1. The van der Waals surface area contributed by atoms with E-state index in [4.69, 9.17) is 4.74 Å². The predicted octanol–water partition coefficient (Wildman–Crippen LogP) is 2.55. The van der Waals surface area contributed by atoms with Gasteiger partial charge in [-0.05, 0) is 30.5 Å². The summed E-state index contributed by atoms with van der Waals surface area (Å²) in [7, 11) is 1.30. The third-order valence-electron chi connectivity index (χ3n) is 6.18.